The van der Waals surface area contributed by atoms with Crippen molar-refractivity contribution in [2.75, 3.05) is 6.61 Å². The molecule has 2 saturated heterocycles. The fraction of sp³-hybridized carbons (Fsp3) is 0.788. The zero-order chi connectivity index (χ0) is 32.6. The predicted molar refractivity (Wildman–Crippen MR) is 152 cm³/mol. The summed E-state index contributed by atoms with van der Waals surface area (Å²) in [4.78, 5) is 40.3. The van der Waals surface area contributed by atoms with E-state index in [2.05, 4.69) is 0 Å². The highest BCUT2D eigenvalue weighted by atomic mass is 16.7. The number of Topliss-reactive ketones (excluding diaryl/α,β-unsaturated/α-hetero) is 1. The number of aliphatic hydroxyl groups is 4. The average molecular weight is 633 g/mol. The summed E-state index contributed by atoms with van der Waals surface area (Å²) in [5, 5.41) is 48.3. The topological polar surface area (TPSA) is 185 Å². The Balaban J connectivity index is 1.39. The van der Waals surface area contributed by atoms with Crippen LogP contribution in [0.2, 0.25) is 0 Å². The molecule has 12 heteroatoms. The van der Waals surface area contributed by atoms with Crippen LogP contribution < -0.4 is 0 Å². The van der Waals surface area contributed by atoms with Crippen molar-refractivity contribution in [3.05, 3.63) is 24.2 Å². The number of ether oxygens (including phenoxy) is 4. The zero-order valence-electron chi connectivity index (χ0n) is 26.5. The minimum absolute atomic E-state index is 0.000547. The van der Waals surface area contributed by atoms with Gasteiger partial charge in [0.15, 0.2) is 5.78 Å². The summed E-state index contributed by atoms with van der Waals surface area (Å²) in [5.41, 5.74) is -5.84. The lowest BCUT2D eigenvalue weighted by Gasteiger charge is -2.73. The van der Waals surface area contributed by atoms with E-state index < -0.39 is 99.5 Å². The van der Waals surface area contributed by atoms with E-state index in [-0.39, 0.29) is 25.0 Å². The summed E-state index contributed by atoms with van der Waals surface area (Å²) < 4.78 is 29.7. The molecule has 0 unspecified atom stereocenters. The van der Waals surface area contributed by atoms with Gasteiger partial charge in [0, 0.05) is 35.0 Å². The number of rotatable bonds is 5. The first-order valence-electron chi connectivity index (χ1n) is 16.0. The molecule has 2 aliphatic heterocycles. The monoisotopic (exact) mass is 632 g/mol. The standard InChI is InChI=1S/C33H44O12/c1-7-14(2)27(40)44-28-29(4)18-11-19(35)31(6)23(32(18,13-42-28)25(39)22(37)26(29)43-15(3)34)21(36)24(38)30(5)17(16-8-9-41-12-16)10-20-33(30,31)45-20/h8-9,12,14,17-20,22-26,28,35,37-39H,7,10-11,13H2,1-6H3/t14-,17-,18+,19+,20-,22+,23+,24+,25+,26+,28+,29-,30+,31-,32+,33-/m1/s1. The van der Waals surface area contributed by atoms with Crippen molar-refractivity contribution in [3.8, 4) is 0 Å². The fourth-order valence-corrected chi connectivity index (χ4v) is 11.3. The first-order valence-corrected chi connectivity index (χ1v) is 16.0. The van der Waals surface area contributed by atoms with Crippen molar-refractivity contribution in [1.29, 1.82) is 0 Å². The van der Waals surface area contributed by atoms with E-state index in [1.54, 1.807) is 33.3 Å². The number of fused-ring (bicyclic) bond motifs is 1. The Hall–Kier alpha value is -2.35. The van der Waals surface area contributed by atoms with Crippen LogP contribution in [0.5, 0.6) is 0 Å². The Bertz CT molecular complexity index is 1410. The summed E-state index contributed by atoms with van der Waals surface area (Å²) >= 11 is 0. The van der Waals surface area contributed by atoms with E-state index in [4.69, 9.17) is 23.4 Å². The van der Waals surface area contributed by atoms with Gasteiger partial charge in [-0.2, -0.15) is 0 Å². The minimum Gasteiger partial charge on any atom is -0.472 e. The third kappa shape index (κ3) is 3.36. The lowest BCUT2D eigenvalue weighted by Crippen LogP contribution is -2.84. The Morgan fingerprint density at radius 2 is 1.80 bits per heavy atom. The maximum atomic E-state index is 14.8. The molecule has 6 fully saturated rings. The van der Waals surface area contributed by atoms with Crippen LogP contribution in [-0.4, -0.2) is 93.3 Å². The second-order valence-electron chi connectivity index (χ2n) is 15.1. The lowest BCUT2D eigenvalue weighted by molar-refractivity contribution is -0.391. The first kappa shape index (κ1) is 31.3. The summed E-state index contributed by atoms with van der Waals surface area (Å²) in [5.74, 6) is -4.73. The molecule has 3 heterocycles. The summed E-state index contributed by atoms with van der Waals surface area (Å²) in [6.45, 7) is 9.66. The van der Waals surface area contributed by atoms with Gasteiger partial charge < -0.3 is 43.8 Å². The van der Waals surface area contributed by atoms with Crippen molar-refractivity contribution in [2.45, 2.75) is 115 Å². The van der Waals surface area contributed by atoms with Gasteiger partial charge in [0.25, 0.3) is 0 Å². The van der Waals surface area contributed by atoms with Gasteiger partial charge in [-0.1, -0.05) is 27.7 Å². The molecule has 45 heavy (non-hydrogen) atoms. The van der Waals surface area contributed by atoms with Crippen molar-refractivity contribution in [3.63, 3.8) is 0 Å². The second kappa shape index (κ2) is 9.60. The molecule has 1 aromatic heterocycles. The van der Waals surface area contributed by atoms with Crippen LogP contribution in [0.25, 0.3) is 0 Å². The summed E-state index contributed by atoms with van der Waals surface area (Å²) in [6.07, 6.45) is -5.08. The molecule has 248 valence electrons. The first-order chi connectivity index (χ1) is 21.1. The minimum atomic E-state index is -1.70. The molecule has 0 radical (unpaired) electrons. The molecule has 2 bridgehead atoms. The van der Waals surface area contributed by atoms with Crippen LogP contribution in [0.1, 0.15) is 72.3 Å². The predicted octanol–water partition coefficient (Wildman–Crippen LogP) is 1.46. The van der Waals surface area contributed by atoms with Gasteiger partial charge in [-0.3, -0.25) is 14.4 Å². The molecule has 7 rings (SSSR count). The third-order valence-corrected chi connectivity index (χ3v) is 13.6. The van der Waals surface area contributed by atoms with Crippen molar-refractivity contribution in [1.82, 2.24) is 0 Å². The summed E-state index contributed by atoms with van der Waals surface area (Å²) in [6, 6.07) is 1.81. The maximum Gasteiger partial charge on any atom is 0.310 e. The molecule has 12 nitrogen and oxygen atoms in total. The molecule has 16 atom stereocenters. The Labute approximate surface area is 261 Å². The van der Waals surface area contributed by atoms with E-state index in [1.165, 1.54) is 6.92 Å². The highest BCUT2D eigenvalue weighted by molar-refractivity contribution is 5.91. The number of ketones is 1. The van der Waals surface area contributed by atoms with Crippen molar-refractivity contribution < 1.29 is 58.2 Å². The van der Waals surface area contributed by atoms with Crippen LogP contribution in [0.4, 0.5) is 0 Å². The van der Waals surface area contributed by atoms with Crippen LogP contribution in [0, 0.1) is 39.4 Å². The molecular weight excluding hydrogens is 588 g/mol. The molecule has 4 N–H and O–H groups in total. The number of carbonyl (C=O) groups is 3. The van der Waals surface area contributed by atoms with E-state index in [0.717, 1.165) is 5.56 Å². The molecule has 1 aromatic rings. The van der Waals surface area contributed by atoms with Gasteiger partial charge in [0.1, 0.15) is 23.9 Å². The van der Waals surface area contributed by atoms with Crippen molar-refractivity contribution in [2.24, 2.45) is 39.4 Å². The van der Waals surface area contributed by atoms with Gasteiger partial charge in [0.05, 0.1) is 48.8 Å². The van der Waals surface area contributed by atoms with E-state index in [9.17, 15) is 34.8 Å². The van der Waals surface area contributed by atoms with Crippen LogP contribution in [-0.2, 0) is 33.3 Å². The highest BCUT2D eigenvalue weighted by Gasteiger charge is 2.92. The Morgan fingerprint density at radius 1 is 1.09 bits per heavy atom. The average Bonchev–Trinajstić information content (AvgIpc) is 3.35. The quantitative estimate of drug-likeness (QED) is 0.271. The highest BCUT2D eigenvalue weighted by Crippen LogP contribution is 2.82. The SMILES string of the molecule is CC[C@@H](C)C(=O)O[C@@H]1OC[C@@]23[C@H]4C(=O)[C@H](O)[C@]5(C)[C@@H](c6ccoc6)C[C@H]6O[C@]65[C@]4(C)[C@@H](O)C[C@H]2[C@]1(C)[C@@H](OC(C)=O)[C@@H](O)[C@@H]3O. The molecule has 4 aliphatic carbocycles. The molecule has 6 aliphatic rings. The Morgan fingerprint density at radius 3 is 2.42 bits per heavy atom. The van der Waals surface area contributed by atoms with Crippen molar-refractivity contribution >= 4 is 17.7 Å². The third-order valence-electron chi connectivity index (χ3n) is 13.6. The van der Waals surface area contributed by atoms with E-state index >= 15 is 0 Å². The van der Waals surface area contributed by atoms with E-state index in [1.807, 2.05) is 19.9 Å². The molecule has 4 saturated carbocycles. The van der Waals surface area contributed by atoms with Crippen LogP contribution in [0.3, 0.4) is 0 Å². The number of hydrogen-bond donors (Lipinski definition) is 4. The second-order valence-corrected chi connectivity index (χ2v) is 15.1. The van der Waals surface area contributed by atoms with Gasteiger partial charge in [0.2, 0.25) is 6.29 Å². The van der Waals surface area contributed by atoms with Crippen LogP contribution >= 0.6 is 0 Å². The number of aliphatic hydroxyl groups excluding tert-OH is 4. The number of esters is 2. The molecule has 1 spiro atoms. The number of furan rings is 1. The van der Waals surface area contributed by atoms with Gasteiger partial charge in [-0.05, 0) is 43.7 Å². The molecule has 0 amide bonds. The summed E-state index contributed by atoms with van der Waals surface area (Å²) in [7, 11) is 0. The Kier molecular flexibility index (Phi) is 6.67. The van der Waals surface area contributed by atoms with Gasteiger partial charge >= 0.3 is 11.9 Å². The normalized spacial score (nSPS) is 53.3. The maximum absolute atomic E-state index is 14.8. The molecular formula is C33H44O12. The number of epoxide rings is 1. The largest absolute Gasteiger partial charge is 0.472 e. The molecule has 0 aromatic carbocycles. The number of carbonyl (C=O) groups excluding carboxylic acids is 3. The lowest BCUT2D eigenvalue weighted by atomic mass is 9.33. The van der Waals surface area contributed by atoms with Gasteiger partial charge in [-0.15, -0.1) is 0 Å². The van der Waals surface area contributed by atoms with E-state index in [0.29, 0.717) is 12.8 Å². The van der Waals surface area contributed by atoms with Crippen LogP contribution in [0.15, 0.2) is 23.0 Å². The van der Waals surface area contributed by atoms with Gasteiger partial charge in [-0.25, -0.2) is 0 Å². The number of hydrogen-bond acceptors (Lipinski definition) is 12. The zero-order valence-corrected chi connectivity index (χ0v) is 26.5. The smallest absolute Gasteiger partial charge is 0.310 e. The fourth-order valence-electron chi connectivity index (χ4n) is 11.3.